The van der Waals surface area contributed by atoms with Crippen molar-refractivity contribution in [2.75, 3.05) is 10.6 Å². The first-order chi connectivity index (χ1) is 15.9. The molecule has 1 fully saturated rings. The van der Waals surface area contributed by atoms with Gasteiger partial charge < -0.3 is 10.6 Å². The first-order valence-corrected chi connectivity index (χ1v) is 10.6. The Bertz CT molecular complexity index is 1120. The average Bonchev–Trinajstić information content (AvgIpc) is 2.80. The number of carbonyl (C=O) groups excluding carboxylic acids is 1. The number of rotatable bonds is 5. The lowest BCUT2D eigenvalue weighted by Crippen LogP contribution is -2.25. The maximum atomic E-state index is 12.7. The van der Waals surface area contributed by atoms with Crippen LogP contribution in [-0.2, 0) is 11.0 Å². The number of amides is 1. The SMILES string of the molecule is O=C(Nc1cccnn1)C1CCC(=Cc2cccc(Nc3ccc(C(F)(F)F)cn3)c2)CC1. The Morgan fingerprint density at radius 2 is 1.85 bits per heavy atom. The number of nitrogens with one attached hydrogen (secondary N) is 2. The van der Waals surface area contributed by atoms with Gasteiger partial charge in [-0.15, -0.1) is 5.10 Å². The lowest BCUT2D eigenvalue weighted by atomic mass is 9.84. The molecular weight excluding hydrogens is 431 g/mol. The zero-order chi connectivity index (χ0) is 23.3. The van der Waals surface area contributed by atoms with Crippen molar-refractivity contribution in [3.63, 3.8) is 0 Å². The van der Waals surface area contributed by atoms with Gasteiger partial charge in [-0.3, -0.25) is 4.79 Å². The molecule has 0 bridgehead atoms. The molecule has 1 amide bonds. The van der Waals surface area contributed by atoms with Crippen molar-refractivity contribution < 1.29 is 18.0 Å². The third-order valence-electron chi connectivity index (χ3n) is 5.44. The third kappa shape index (κ3) is 6.15. The summed E-state index contributed by atoms with van der Waals surface area (Å²) in [5, 5.41) is 13.5. The average molecular weight is 453 g/mol. The number of hydrogen-bond acceptors (Lipinski definition) is 5. The summed E-state index contributed by atoms with van der Waals surface area (Å²) in [6.07, 6.45) is 3.20. The second kappa shape index (κ2) is 9.81. The summed E-state index contributed by atoms with van der Waals surface area (Å²) < 4.78 is 38.1. The number of carbonyl (C=O) groups is 1. The number of benzene rings is 1. The van der Waals surface area contributed by atoms with E-state index in [-0.39, 0.29) is 11.8 Å². The molecule has 3 aromatic rings. The van der Waals surface area contributed by atoms with Crippen LogP contribution in [0, 0.1) is 5.92 Å². The summed E-state index contributed by atoms with van der Waals surface area (Å²) in [5.74, 6) is 0.686. The number of halogens is 3. The van der Waals surface area contributed by atoms with Crippen LogP contribution >= 0.6 is 0 Å². The minimum absolute atomic E-state index is 0.0372. The van der Waals surface area contributed by atoms with Gasteiger partial charge in [-0.1, -0.05) is 23.8 Å². The third-order valence-corrected chi connectivity index (χ3v) is 5.44. The van der Waals surface area contributed by atoms with Crippen molar-refractivity contribution >= 4 is 29.3 Å². The minimum Gasteiger partial charge on any atom is -0.340 e. The van der Waals surface area contributed by atoms with E-state index in [9.17, 15) is 18.0 Å². The highest BCUT2D eigenvalue weighted by Gasteiger charge is 2.30. The van der Waals surface area contributed by atoms with Gasteiger partial charge in [0.05, 0.1) is 5.56 Å². The quantitative estimate of drug-likeness (QED) is 0.507. The molecule has 6 nitrogen and oxygen atoms in total. The molecule has 4 rings (SSSR count). The van der Waals surface area contributed by atoms with Crippen molar-refractivity contribution in [3.8, 4) is 0 Å². The van der Waals surface area contributed by atoms with Gasteiger partial charge in [0.2, 0.25) is 5.91 Å². The summed E-state index contributed by atoms with van der Waals surface area (Å²) in [7, 11) is 0. The van der Waals surface area contributed by atoms with Gasteiger partial charge in [-0.05, 0) is 67.6 Å². The van der Waals surface area contributed by atoms with Crippen molar-refractivity contribution in [2.24, 2.45) is 5.92 Å². The monoisotopic (exact) mass is 453 g/mol. The fourth-order valence-corrected chi connectivity index (χ4v) is 3.72. The molecule has 1 saturated carbocycles. The van der Waals surface area contributed by atoms with E-state index in [4.69, 9.17) is 0 Å². The highest BCUT2D eigenvalue weighted by atomic mass is 19.4. The van der Waals surface area contributed by atoms with Crippen LogP contribution in [-0.4, -0.2) is 21.1 Å². The van der Waals surface area contributed by atoms with Crippen molar-refractivity contribution in [2.45, 2.75) is 31.9 Å². The molecule has 1 aliphatic rings. The molecule has 0 unspecified atom stereocenters. The number of nitrogens with zero attached hydrogens (tertiary/aromatic N) is 3. The summed E-state index contributed by atoms with van der Waals surface area (Å²) in [4.78, 5) is 16.3. The zero-order valence-electron chi connectivity index (χ0n) is 17.6. The largest absolute Gasteiger partial charge is 0.417 e. The minimum atomic E-state index is -4.41. The molecule has 0 saturated heterocycles. The fourth-order valence-electron chi connectivity index (χ4n) is 3.72. The molecule has 0 aliphatic heterocycles. The normalized spacial score (nSPS) is 16.2. The van der Waals surface area contributed by atoms with Crippen LogP contribution in [0.1, 0.15) is 36.8 Å². The highest BCUT2D eigenvalue weighted by molar-refractivity contribution is 5.91. The van der Waals surface area contributed by atoms with Gasteiger partial charge in [-0.25, -0.2) is 4.98 Å². The Kier molecular flexibility index (Phi) is 6.67. The summed E-state index contributed by atoms with van der Waals surface area (Å²) in [5.41, 5.74) is 2.17. The predicted octanol–water partition coefficient (Wildman–Crippen LogP) is 5.85. The van der Waals surface area contributed by atoms with Crippen LogP contribution in [0.2, 0.25) is 0 Å². The van der Waals surface area contributed by atoms with E-state index in [0.717, 1.165) is 49.2 Å². The highest BCUT2D eigenvalue weighted by Crippen LogP contribution is 2.31. The smallest absolute Gasteiger partial charge is 0.340 e. The molecule has 2 aromatic heterocycles. The molecule has 1 aliphatic carbocycles. The van der Waals surface area contributed by atoms with Gasteiger partial charge >= 0.3 is 6.18 Å². The Hall–Kier alpha value is -3.75. The molecule has 1 aromatic carbocycles. The van der Waals surface area contributed by atoms with Gasteiger partial charge in [-0.2, -0.15) is 18.3 Å². The maximum Gasteiger partial charge on any atom is 0.417 e. The Morgan fingerprint density at radius 3 is 2.52 bits per heavy atom. The fraction of sp³-hybridized carbons (Fsp3) is 0.250. The van der Waals surface area contributed by atoms with E-state index in [1.807, 2.05) is 24.3 Å². The van der Waals surface area contributed by atoms with Crippen LogP contribution in [0.5, 0.6) is 0 Å². The molecule has 0 atom stereocenters. The molecule has 2 heterocycles. The Morgan fingerprint density at radius 1 is 1.03 bits per heavy atom. The lowest BCUT2D eigenvalue weighted by Gasteiger charge is -2.23. The van der Waals surface area contributed by atoms with E-state index in [1.54, 1.807) is 18.3 Å². The number of anilines is 3. The Balaban J connectivity index is 1.34. The standard InChI is InChI=1S/C24H22F3N5O/c25-24(26,27)19-10-11-21(28-15-19)30-20-4-1-3-17(14-20)13-16-6-8-18(9-7-16)23(33)31-22-5-2-12-29-32-22/h1-5,10-15,18H,6-9H2,(H,28,30)(H,31,32,33). The van der Waals surface area contributed by atoms with Crippen molar-refractivity contribution in [1.82, 2.24) is 15.2 Å². The number of hydrogen-bond donors (Lipinski definition) is 2. The van der Waals surface area contributed by atoms with Crippen LogP contribution < -0.4 is 10.6 Å². The predicted molar refractivity (Wildman–Crippen MR) is 120 cm³/mol. The lowest BCUT2D eigenvalue weighted by molar-refractivity contribution is -0.137. The van der Waals surface area contributed by atoms with E-state index < -0.39 is 11.7 Å². The topological polar surface area (TPSA) is 79.8 Å². The molecule has 0 radical (unpaired) electrons. The van der Waals surface area contributed by atoms with E-state index in [1.165, 1.54) is 11.6 Å². The number of pyridine rings is 1. The summed E-state index contributed by atoms with van der Waals surface area (Å²) in [6.45, 7) is 0. The first kappa shape index (κ1) is 22.4. The first-order valence-electron chi connectivity index (χ1n) is 10.6. The van der Waals surface area contributed by atoms with Crippen LogP contribution in [0.15, 0.2) is 66.5 Å². The van der Waals surface area contributed by atoms with Gasteiger partial charge in [0.25, 0.3) is 0 Å². The molecule has 2 N–H and O–H groups in total. The van der Waals surface area contributed by atoms with Crippen LogP contribution in [0.4, 0.5) is 30.5 Å². The van der Waals surface area contributed by atoms with Crippen LogP contribution in [0.3, 0.4) is 0 Å². The van der Waals surface area contributed by atoms with Crippen LogP contribution in [0.25, 0.3) is 6.08 Å². The summed E-state index contributed by atoms with van der Waals surface area (Å²) in [6, 6.07) is 13.3. The van der Waals surface area contributed by atoms with Crippen molar-refractivity contribution in [3.05, 3.63) is 77.6 Å². The molecule has 170 valence electrons. The zero-order valence-corrected chi connectivity index (χ0v) is 17.6. The number of alkyl halides is 3. The van der Waals surface area contributed by atoms with Gasteiger partial charge in [0, 0.05) is 24.0 Å². The molecule has 33 heavy (non-hydrogen) atoms. The van der Waals surface area contributed by atoms with Gasteiger partial charge in [0.1, 0.15) is 5.82 Å². The molecule has 0 spiro atoms. The van der Waals surface area contributed by atoms with Gasteiger partial charge in [0.15, 0.2) is 5.82 Å². The number of allylic oxidation sites excluding steroid dienone is 1. The van der Waals surface area contributed by atoms with E-state index >= 15 is 0 Å². The maximum absolute atomic E-state index is 12.7. The van der Waals surface area contributed by atoms with E-state index in [0.29, 0.717) is 11.6 Å². The Labute approximate surface area is 189 Å². The molecule has 9 heteroatoms. The molecular formula is C24H22F3N5O. The second-order valence-corrected chi connectivity index (χ2v) is 7.86. The second-order valence-electron chi connectivity index (χ2n) is 7.86. The number of aromatic nitrogens is 3. The van der Waals surface area contributed by atoms with E-state index in [2.05, 4.69) is 31.9 Å². The summed E-state index contributed by atoms with van der Waals surface area (Å²) >= 11 is 0. The van der Waals surface area contributed by atoms with Crippen molar-refractivity contribution in [1.29, 1.82) is 0 Å².